The molecule has 16 heavy (non-hydrogen) atoms. The average Bonchev–Trinajstić information content (AvgIpc) is 2.27. The van der Waals surface area contributed by atoms with E-state index < -0.39 is 12.0 Å². The normalized spacial score (nSPS) is 11.8. The summed E-state index contributed by atoms with van der Waals surface area (Å²) >= 11 is 0.0591. The van der Waals surface area contributed by atoms with Gasteiger partial charge in [-0.2, -0.15) is 0 Å². The monoisotopic (exact) mass is 287 g/mol. The van der Waals surface area contributed by atoms with E-state index in [4.69, 9.17) is 5.11 Å². The van der Waals surface area contributed by atoms with Crippen LogP contribution in [0.2, 0.25) is 5.32 Å². The molecule has 4 nitrogen and oxygen atoms in total. The summed E-state index contributed by atoms with van der Waals surface area (Å²) in [6.45, 7) is 1.45. The topological polar surface area (TPSA) is 66.4 Å². The maximum absolute atomic E-state index is 11.4. The van der Waals surface area contributed by atoms with Crippen LogP contribution in [0.1, 0.15) is 6.92 Å². The molecule has 0 aliphatic carbocycles. The molecule has 1 atom stereocenters. The summed E-state index contributed by atoms with van der Waals surface area (Å²) in [7, 11) is 0. The second-order valence-corrected chi connectivity index (χ2v) is 5.43. The van der Waals surface area contributed by atoms with Crippen molar-refractivity contribution in [3.05, 3.63) is 30.3 Å². The Kier molecular flexibility index (Phi) is 5.02. The van der Waals surface area contributed by atoms with E-state index in [0.717, 1.165) is 4.46 Å². The summed E-state index contributed by atoms with van der Waals surface area (Å²) in [5.41, 5.74) is 0. The van der Waals surface area contributed by atoms with Crippen molar-refractivity contribution in [3.63, 3.8) is 0 Å². The third-order valence-electron chi connectivity index (χ3n) is 1.86. The molecule has 0 unspecified atom stereocenters. The molecule has 0 saturated carbocycles. The number of hydrogen-bond acceptors (Lipinski definition) is 2. The van der Waals surface area contributed by atoms with Crippen LogP contribution in [0.3, 0.4) is 0 Å². The van der Waals surface area contributed by atoms with Gasteiger partial charge in [-0.25, -0.2) is 0 Å². The van der Waals surface area contributed by atoms with E-state index >= 15 is 0 Å². The van der Waals surface area contributed by atoms with E-state index in [9.17, 15) is 9.59 Å². The zero-order chi connectivity index (χ0) is 12.0. The Hall–Kier alpha value is -1.32. The van der Waals surface area contributed by atoms with Gasteiger partial charge in [-0.3, -0.25) is 0 Å². The summed E-state index contributed by atoms with van der Waals surface area (Å²) in [6.07, 6.45) is 0. The third kappa shape index (κ3) is 4.47. The van der Waals surface area contributed by atoms with Gasteiger partial charge in [0.2, 0.25) is 0 Å². The molecule has 0 aliphatic rings. The third-order valence-corrected chi connectivity index (χ3v) is 3.98. The van der Waals surface area contributed by atoms with Crippen molar-refractivity contribution in [3.8, 4) is 0 Å². The summed E-state index contributed by atoms with van der Waals surface area (Å²) < 4.78 is 1.13. The number of carboxylic acids is 1. The number of hydrogen-bond donors (Lipinski definition) is 2. The van der Waals surface area contributed by atoms with Crippen LogP contribution >= 0.6 is 0 Å². The van der Waals surface area contributed by atoms with Crippen molar-refractivity contribution in [2.45, 2.75) is 18.3 Å². The Morgan fingerprint density at radius 3 is 2.56 bits per heavy atom. The number of carbonyl (C=O) groups is 2. The minimum atomic E-state index is -1.01. The van der Waals surface area contributed by atoms with Gasteiger partial charge in [-0.1, -0.05) is 0 Å². The molecule has 0 aromatic heterocycles. The standard InChI is InChI=1S/C11H13NO3Se/c1-8(11(14)15)12-10(13)7-16-9-5-3-2-4-6-9/h2-6,8H,7H2,1H3,(H,12,13)(H,14,15)/t8-/m0/s1. The van der Waals surface area contributed by atoms with Crippen molar-refractivity contribution >= 4 is 31.3 Å². The molecule has 1 aromatic carbocycles. The molecule has 1 aromatic rings. The van der Waals surface area contributed by atoms with Gasteiger partial charge in [-0.15, -0.1) is 0 Å². The van der Waals surface area contributed by atoms with Crippen molar-refractivity contribution in [1.29, 1.82) is 0 Å². The second kappa shape index (κ2) is 6.30. The first kappa shape index (κ1) is 12.7. The van der Waals surface area contributed by atoms with Crippen LogP contribution in [0.15, 0.2) is 30.3 Å². The van der Waals surface area contributed by atoms with E-state index in [1.165, 1.54) is 6.92 Å². The SMILES string of the molecule is C[C@H](NC(=O)C[Se]c1ccccc1)C(=O)O. The zero-order valence-corrected chi connectivity index (χ0v) is 10.6. The number of nitrogens with one attached hydrogen (secondary N) is 1. The fourth-order valence-electron chi connectivity index (χ4n) is 1.01. The van der Waals surface area contributed by atoms with Gasteiger partial charge in [0, 0.05) is 0 Å². The number of benzene rings is 1. The summed E-state index contributed by atoms with van der Waals surface area (Å²) in [6, 6.07) is 8.89. The zero-order valence-electron chi connectivity index (χ0n) is 8.84. The van der Waals surface area contributed by atoms with Gasteiger partial charge < -0.3 is 0 Å². The molecule has 0 aliphatic heterocycles. The van der Waals surface area contributed by atoms with E-state index in [2.05, 4.69) is 5.32 Å². The van der Waals surface area contributed by atoms with Crippen LogP contribution in [0.25, 0.3) is 0 Å². The Morgan fingerprint density at radius 1 is 1.38 bits per heavy atom. The first-order chi connectivity index (χ1) is 7.59. The predicted octanol–water partition coefficient (Wildman–Crippen LogP) is 0.0237. The minimum absolute atomic E-state index is 0.0591. The molecule has 0 bridgehead atoms. The van der Waals surface area contributed by atoms with Crippen LogP contribution in [0.4, 0.5) is 0 Å². The van der Waals surface area contributed by atoms with Gasteiger partial charge in [0.05, 0.1) is 0 Å². The van der Waals surface area contributed by atoms with Gasteiger partial charge >= 0.3 is 99.9 Å². The number of carbonyl (C=O) groups excluding carboxylic acids is 1. The van der Waals surface area contributed by atoms with Gasteiger partial charge in [-0.05, 0) is 0 Å². The van der Waals surface area contributed by atoms with Crippen LogP contribution in [0.5, 0.6) is 0 Å². The van der Waals surface area contributed by atoms with Crippen molar-refractivity contribution in [1.82, 2.24) is 5.32 Å². The molecular weight excluding hydrogens is 273 g/mol. The Bertz CT molecular complexity index is 367. The Morgan fingerprint density at radius 2 is 2.00 bits per heavy atom. The summed E-state index contributed by atoms with van der Waals surface area (Å²) in [5.74, 6) is -1.22. The summed E-state index contributed by atoms with van der Waals surface area (Å²) in [5, 5.41) is 11.4. The Balaban J connectivity index is 2.33. The molecule has 1 amide bonds. The van der Waals surface area contributed by atoms with Crippen molar-refractivity contribution in [2.75, 3.05) is 0 Å². The molecule has 0 heterocycles. The molecule has 0 radical (unpaired) electrons. The van der Waals surface area contributed by atoms with Gasteiger partial charge in [0.1, 0.15) is 0 Å². The van der Waals surface area contributed by atoms with Gasteiger partial charge in [0.15, 0.2) is 0 Å². The maximum atomic E-state index is 11.4. The number of amides is 1. The number of rotatable bonds is 5. The molecular formula is C11H13NO3Se. The van der Waals surface area contributed by atoms with Crippen LogP contribution < -0.4 is 9.78 Å². The van der Waals surface area contributed by atoms with Gasteiger partial charge in [0.25, 0.3) is 0 Å². The first-order valence-corrected chi connectivity index (χ1v) is 6.86. The molecule has 0 fully saturated rings. The number of carboxylic acid groups (broad SMARTS) is 1. The van der Waals surface area contributed by atoms with Crippen LogP contribution in [0, 0.1) is 0 Å². The molecule has 1 rings (SSSR count). The van der Waals surface area contributed by atoms with E-state index in [-0.39, 0.29) is 20.9 Å². The second-order valence-electron chi connectivity index (χ2n) is 3.23. The van der Waals surface area contributed by atoms with E-state index in [1.54, 1.807) is 0 Å². The fraction of sp³-hybridized carbons (Fsp3) is 0.273. The quantitative estimate of drug-likeness (QED) is 0.750. The first-order valence-electron chi connectivity index (χ1n) is 4.79. The van der Waals surface area contributed by atoms with Crippen molar-refractivity contribution in [2.24, 2.45) is 0 Å². The molecule has 0 spiro atoms. The molecule has 2 N–H and O–H groups in total. The molecule has 5 heteroatoms. The molecule has 86 valence electrons. The van der Waals surface area contributed by atoms with E-state index in [0.29, 0.717) is 5.32 Å². The average molecular weight is 286 g/mol. The van der Waals surface area contributed by atoms with Crippen LogP contribution in [-0.4, -0.2) is 38.0 Å². The summed E-state index contributed by atoms with van der Waals surface area (Å²) in [4.78, 5) is 21.9. The predicted molar refractivity (Wildman–Crippen MR) is 61.9 cm³/mol. The van der Waals surface area contributed by atoms with Crippen LogP contribution in [-0.2, 0) is 9.59 Å². The fourth-order valence-corrected chi connectivity index (χ4v) is 2.54. The number of aliphatic carboxylic acids is 1. The Labute approximate surface area is 100 Å². The van der Waals surface area contributed by atoms with E-state index in [1.807, 2.05) is 30.3 Å². The van der Waals surface area contributed by atoms with Crippen molar-refractivity contribution < 1.29 is 14.7 Å². The molecule has 0 saturated heterocycles.